The van der Waals surface area contributed by atoms with Gasteiger partial charge in [0.15, 0.2) is 0 Å². The second-order valence-electron chi connectivity index (χ2n) is 8.28. The summed E-state index contributed by atoms with van der Waals surface area (Å²) < 4.78 is 17.8. The molecule has 0 bridgehead atoms. The van der Waals surface area contributed by atoms with Gasteiger partial charge in [0.1, 0.15) is 12.4 Å². The molecule has 2 rings (SSSR count). The van der Waals surface area contributed by atoms with Crippen LogP contribution in [-0.4, -0.2) is 66.4 Å². The van der Waals surface area contributed by atoms with Crippen LogP contribution in [-0.2, 0) is 19.1 Å². The average Bonchev–Trinajstić information content (AvgIpc) is 2.67. The molecule has 1 fully saturated rings. The zero-order valence-electron chi connectivity index (χ0n) is 17.5. The molecule has 1 aromatic rings. The maximum atomic E-state index is 13.0. The van der Waals surface area contributed by atoms with Crippen LogP contribution in [0.5, 0.6) is 0 Å². The number of hydrogen-bond acceptors (Lipinski definition) is 5. The van der Waals surface area contributed by atoms with E-state index in [1.165, 1.54) is 36.3 Å². The number of methoxy groups -OCH3 is 1. The van der Waals surface area contributed by atoms with E-state index < -0.39 is 5.54 Å². The number of rotatable bonds is 6. The molecule has 0 atom stereocenters. The summed E-state index contributed by atoms with van der Waals surface area (Å²) in [6.45, 7) is 6.97. The first-order valence-electron chi connectivity index (χ1n) is 9.76. The highest BCUT2D eigenvalue weighted by Gasteiger charge is 2.31. The predicted octanol–water partition coefficient (Wildman–Crippen LogP) is 2.28. The highest BCUT2D eigenvalue weighted by molar-refractivity contribution is 5.95. The Morgan fingerprint density at radius 1 is 1.17 bits per heavy atom. The fourth-order valence-electron chi connectivity index (χ4n) is 3.35. The van der Waals surface area contributed by atoms with E-state index in [1.54, 1.807) is 0 Å². The Bertz CT molecular complexity index is 722. The number of halogens is 1. The Hall–Kier alpha value is -2.48. The lowest BCUT2D eigenvalue weighted by Crippen LogP contribution is -2.53. The predicted molar refractivity (Wildman–Crippen MR) is 108 cm³/mol. The number of esters is 1. The van der Waals surface area contributed by atoms with E-state index in [2.05, 4.69) is 5.32 Å². The number of benzene rings is 1. The normalized spacial score (nSPS) is 15.6. The summed E-state index contributed by atoms with van der Waals surface area (Å²) in [7, 11) is 1.39. The van der Waals surface area contributed by atoms with Crippen LogP contribution in [0.4, 0.5) is 10.1 Å². The van der Waals surface area contributed by atoms with Crippen LogP contribution in [0.3, 0.4) is 0 Å². The van der Waals surface area contributed by atoms with Crippen molar-refractivity contribution >= 4 is 23.5 Å². The number of amides is 2. The molecule has 0 unspecified atom stereocenters. The van der Waals surface area contributed by atoms with E-state index in [9.17, 15) is 18.8 Å². The largest absolute Gasteiger partial charge is 0.469 e. The summed E-state index contributed by atoms with van der Waals surface area (Å²) in [6, 6.07) is 5.48. The molecule has 160 valence electrons. The number of nitrogens with zero attached hydrogens (tertiary/aromatic N) is 2. The van der Waals surface area contributed by atoms with Crippen LogP contribution in [0.2, 0.25) is 0 Å². The van der Waals surface area contributed by atoms with Gasteiger partial charge in [-0.1, -0.05) is 0 Å². The minimum atomic E-state index is -0.540. The van der Waals surface area contributed by atoms with E-state index >= 15 is 0 Å². The molecule has 0 saturated carbocycles. The first-order valence-corrected chi connectivity index (χ1v) is 9.76. The van der Waals surface area contributed by atoms with Crippen LogP contribution in [0, 0.1) is 11.7 Å². The molecule has 0 radical (unpaired) electrons. The van der Waals surface area contributed by atoms with Crippen molar-refractivity contribution in [1.29, 1.82) is 0 Å². The molecular weight excluding hydrogens is 377 g/mol. The van der Waals surface area contributed by atoms with Crippen molar-refractivity contribution in [3.63, 3.8) is 0 Å². The minimum absolute atomic E-state index is 0.0989. The van der Waals surface area contributed by atoms with Crippen molar-refractivity contribution in [2.75, 3.05) is 38.6 Å². The van der Waals surface area contributed by atoms with E-state index in [-0.39, 0.29) is 42.6 Å². The summed E-state index contributed by atoms with van der Waals surface area (Å²) in [5.41, 5.74) is -0.0655. The maximum Gasteiger partial charge on any atom is 0.308 e. The third-order valence-corrected chi connectivity index (χ3v) is 5.02. The number of carbonyl (C=O) groups is 3. The van der Waals surface area contributed by atoms with Crippen LogP contribution in [0.1, 0.15) is 33.6 Å². The standard InChI is InChI=1S/C21H30FN3O4/c1-21(2,3)25(13-18(26)23-17-7-5-16(22)6-8-17)19(27)14-24-11-9-15(10-12-24)20(28)29-4/h5-8,15H,9-14H2,1-4H3,(H,23,26). The number of likely N-dealkylation sites (tertiary alicyclic amines) is 1. The Labute approximate surface area is 171 Å². The summed E-state index contributed by atoms with van der Waals surface area (Å²) in [4.78, 5) is 40.5. The minimum Gasteiger partial charge on any atom is -0.469 e. The van der Waals surface area contributed by atoms with Gasteiger partial charge in [-0.2, -0.15) is 0 Å². The average molecular weight is 407 g/mol. The molecule has 1 aromatic carbocycles. The quantitative estimate of drug-likeness (QED) is 0.732. The Kier molecular flexibility index (Phi) is 7.73. The molecule has 1 saturated heterocycles. The van der Waals surface area contributed by atoms with E-state index in [4.69, 9.17) is 4.74 Å². The molecule has 0 spiro atoms. The van der Waals surface area contributed by atoms with E-state index in [0.717, 1.165) is 0 Å². The third kappa shape index (κ3) is 6.81. The van der Waals surface area contributed by atoms with Crippen LogP contribution in [0.25, 0.3) is 0 Å². The lowest BCUT2D eigenvalue weighted by Gasteiger charge is -2.38. The fraction of sp³-hybridized carbons (Fsp3) is 0.571. The highest BCUT2D eigenvalue weighted by atomic mass is 19.1. The summed E-state index contributed by atoms with van der Waals surface area (Å²) in [5, 5.41) is 2.69. The van der Waals surface area contributed by atoms with Crippen molar-refractivity contribution in [3.8, 4) is 0 Å². The van der Waals surface area contributed by atoms with Crippen molar-refractivity contribution in [2.45, 2.75) is 39.2 Å². The maximum absolute atomic E-state index is 13.0. The number of anilines is 1. The molecule has 29 heavy (non-hydrogen) atoms. The number of piperidine rings is 1. The SMILES string of the molecule is COC(=O)C1CCN(CC(=O)N(CC(=O)Nc2ccc(F)cc2)C(C)(C)C)CC1. The molecule has 2 amide bonds. The second-order valence-corrected chi connectivity index (χ2v) is 8.28. The number of carbonyl (C=O) groups excluding carboxylic acids is 3. The molecular formula is C21H30FN3O4. The number of ether oxygens (including phenoxy) is 1. The topological polar surface area (TPSA) is 79.0 Å². The Balaban J connectivity index is 1.93. The van der Waals surface area contributed by atoms with Crippen molar-refractivity contribution < 1.29 is 23.5 Å². The van der Waals surface area contributed by atoms with Gasteiger partial charge in [0.05, 0.1) is 19.6 Å². The van der Waals surface area contributed by atoms with Gasteiger partial charge in [0, 0.05) is 11.2 Å². The molecule has 0 aliphatic carbocycles. The van der Waals surface area contributed by atoms with Gasteiger partial charge in [-0.05, 0) is 71.0 Å². The third-order valence-electron chi connectivity index (χ3n) is 5.02. The van der Waals surface area contributed by atoms with Gasteiger partial charge >= 0.3 is 5.97 Å². The van der Waals surface area contributed by atoms with Gasteiger partial charge in [-0.3, -0.25) is 19.3 Å². The molecule has 0 aromatic heterocycles. The van der Waals surface area contributed by atoms with Crippen LogP contribution >= 0.6 is 0 Å². The first-order chi connectivity index (χ1) is 13.6. The van der Waals surface area contributed by atoms with E-state index in [1.807, 2.05) is 25.7 Å². The highest BCUT2D eigenvalue weighted by Crippen LogP contribution is 2.20. The van der Waals surface area contributed by atoms with Crippen LogP contribution in [0.15, 0.2) is 24.3 Å². The Morgan fingerprint density at radius 3 is 2.28 bits per heavy atom. The van der Waals surface area contributed by atoms with Gasteiger partial charge in [-0.25, -0.2) is 4.39 Å². The molecule has 8 heteroatoms. The lowest BCUT2D eigenvalue weighted by molar-refractivity contribution is -0.147. The summed E-state index contributed by atoms with van der Waals surface area (Å²) in [5.74, 6) is -1.20. The van der Waals surface area contributed by atoms with Crippen molar-refractivity contribution in [1.82, 2.24) is 9.80 Å². The summed E-state index contributed by atoms with van der Waals surface area (Å²) >= 11 is 0. The van der Waals surface area contributed by atoms with Crippen molar-refractivity contribution in [2.24, 2.45) is 5.92 Å². The second kappa shape index (κ2) is 9.82. The fourth-order valence-corrected chi connectivity index (χ4v) is 3.35. The van der Waals surface area contributed by atoms with Gasteiger partial charge < -0.3 is 15.0 Å². The molecule has 1 heterocycles. The zero-order valence-corrected chi connectivity index (χ0v) is 17.5. The van der Waals surface area contributed by atoms with Crippen molar-refractivity contribution in [3.05, 3.63) is 30.1 Å². The van der Waals surface area contributed by atoms with Gasteiger partial charge in [0.25, 0.3) is 0 Å². The van der Waals surface area contributed by atoms with Gasteiger partial charge in [-0.15, -0.1) is 0 Å². The molecule has 1 aliphatic heterocycles. The molecule has 7 nitrogen and oxygen atoms in total. The smallest absolute Gasteiger partial charge is 0.308 e. The monoisotopic (exact) mass is 407 g/mol. The number of hydrogen-bond donors (Lipinski definition) is 1. The number of nitrogens with one attached hydrogen (secondary N) is 1. The first kappa shape index (κ1) is 22.8. The van der Waals surface area contributed by atoms with Crippen LogP contribution < -0.4 is 5.32 Å². The Morgan fingerprint density at radius 2 is 1.76 bits per heavy atom. The van der Waals surface area contributed by atoms with Gasteiger partial charge in [0.2, 0.25) is 11.8 Å². The van der Waals surface area contributed by atoms with E-state index in [0.29, 0.717) is 31.6 Å². The summed E-state index contributed by atoms with van der Waals surface area (Å²) in [6.07, 6.45) is 1.31. The molecule has 1 N–H and O–H groups in total. The zero-order chi connectivity index (χ0) is 21.6. The lowest BCUT2D eigenvalue weighted by atomic mass is 9.97. The molecule has 1 aliphatic rings.